The molecule has 1 aromatic carbocycles. The predicted octanol–water partition coefficient (Wildman–Crippen LogP) is 4.86. The molecule has 0 aromatic heterocycles. The second kappa shape index (κ2) is 8.53. The van der Waals surface area contributed by atoms with Crippen molar-refractivity contribution in [2.45, 2.75) is 59.3 Å². The number of hydrogen-bond acceptors (Lipinski definition) is 2. The number of carbonyl (C=O) groups is 1. The summed E-state index contributed by atoms with van der Waals surface area (Å²) in [4.78, 5) is 16.5. The summed E-state index contributed by atoms with van der Waals surface area (Å²) in [6, 6.07) is 9.06. The first-order valence-electron chi connectivity index (χ1n) is 10.8. The van der Waals surface area contributed by atoms with E-state index >= 15 is 0 Å². The van der Waals surface area contributed by atoms with Crippen LogP contribution in [0.3, 0.4) is 0 Å². The second-order valence-electron chi connectivity index (χ2n) is 9.28. The number of piperazine rings is 1. The molecule has 27 heavy (non-hydrogen) atoms. The molecule has 0 radical (unpaired) electrons. The van der Waals surface area contributed by atoms with Crippen LogP contribution in [0.1, 0.15) is 64.9 Å². The molecule has 2 amide bonds. The highest BCUT2D eigenvalue weighted by Crippen LogP contribution is 2.45. The lowest BCUT2D eigenvalue weighted by molar-refractivity contribution is 0.169. The lowest BCUT2D eigenvalue weighted by atomic mass is 9.68. The number of nitrogens with one attached hydrogen (secondary N) is 1. The normalized spacial score (nSPS) is 24.0. The highest BCUT2D eigenvalue weighted by Gasteiger charge is 2.32. The van der Waals surface area contributed by atoms with E-state index in [1.54, 1.807) is 0 Å². The van der Waals surface area contributed by atoms with Gasteiger partial charge < -0.3 is 15.1 Å². The summed E-state index contributed by atoms with van der Waals surface area (Å²) in [5.41, 5.74) is 3.35. The van der Waals surface area contributed by atoms with Gasteiger partial charge in [0, 0.05) is 38.4 Å². The van der Waals surface area contributed by atoms with Crippen molar-refractivity contribution in [3.63, 3.8) is 0 Å². The number of benzene rings is 1. The predicted molar refractivity (Wildman–Crippen MR) is 113 cm³/mol. The number of urea groups is 1. The lowest BCUT2D eigenvalue weighted by Crippen LogP contribution is -2.52. The van der Waals surface area contributed by atoms with Crippen molar-refractivity contribution in [2.24, 2.45) is 11.3 Å². The molecule has 3 rings (SSSR count). The zero-order chi connectivity index (χ0) is 19.4. The Balaban J connectivity index is 1.65. The minimum Gasteiger partial charge on any atom is -0.368 e. The van der Waals surface area contributed by atoms with E-state index in [1.807, 2.05) is 11.8 Å². The minimum absolute atomic E-state index is 0.0749. The van der Waals surface area contributed by atoms with Gasteiger partial charge in [-0.1, -0.05) is 39.0 Å². The van der Waals surface area contributed by atoms with Gasteiger partial charge in [0.15, 0.2) is 0 Å². The summed E-state index contributed by atoms with van der Waals surface area (Å²) in [6.07, 6.45) is 5.29. The van der Waals surface area contributed by atoms with Crippen molar-refractivity contribution in [1.29, 1.82) is 0 Å². The summed E-state index contributed by atoms with van der Waals surface area (Å²) < 4.78 is 0. The standard InChI is InChI=1S/C23H37N3O/c1-5-24-22(27)26-16-14-25(15-17-26)21-9-7-6-8-20(21)18-10-12-19(13-11-18)23(2,3)4/h6-9,18-19H,5,10-17H2,1-4H3,(H,24,27). The van der Waals surface area contributed by atoms with E-state index in [0.717, 1.165) is 32.1 Å². The zero-order valence-electron chi connectivity index (χ0n) is 17.6. The Morgan fingerprint density at radius 2 is 1.67 bits per heavy atom. The van der Waals surface area contributed by atoms with Gasteiger partial charge >= 0.3 is 6.03 Å². The van der Waals surface area contributed by atoms with Gasteiger partial charge in [-0.3, -0.25) is 0 Å². The molecule has 0 unspecified atom stereocenters. The van der Waals surface area contributed by atoms with Gasteiger partial charge in [-0.2, -0.15) is 0 Å². The average molecular weight is 372 g/mol. The molecule has 1 saturated heterocycles. The van der Waals surface area contributed by atoms with Gasteiger partial charge in [0.2, 0.25) is 0 Å². The number of amides is 2. The summed E-state index contributed by atoms with van der Waals surface area (Å²) in [7, 11) is 0. The lowest BCUT2D eigenvalue weighted by Gasteiger charge is -2.40. The molecule has 2 aliphatic rings. The maximum Gasteiger partial charge on any atom is 0.317 e. The van der Waals surface area contributed by atoms with Crippen LogP contribution in [0.25, 0.3) is 0 Å². The molecule has 4 nitrogen and oxygen atoms in total. The van der Waals surface area contributed by atoms with Gasteiger partial charge in [-0.25, -0.2) is 4.79 Å². The van der Waals surface area contributed by atoms with Crippen molar-refractivity contribution in [3.05, 3.63) is 29.8 Å². The number of rotatable bonds is 3. The zero-order valence-corrected chi connectivity index (χ0v) is 17.6. The SMILES string of the molecule is CCNC(=O)N1CCN(c2ccccc2C2CCC(C(C)(C)C)CC2)CC1. The van der Waals surface area contributed by atoms with Crippen LogP contribution in [-0.2, 0) is 0 Å². The third-order valence-electron chi connectivity index (χ3n) is 6.56. The third kappa shape index (κ3) is 4.77. The van der Waals surface area contributed by atoms with Crippen LogP contribution in [0.15, 0.2) is 24.3 Å². The van der Waals surface area contributed by atoms with Crippen molar-refractivity contribution in [2.75, 3.05) is 37.6 Å². The molecule has 2 fully saturated rings. The van der Waals surface area contributed by atoms with Gasteiger partial charge in [-0.15, -0.1) is 0 Å². The van der Waals surface area contributed by atoms with E-state index in [4.69, 9.17) is 0 Å². The topological polar surface area (TPSA) is 35.6 Å². The van der Waals surface area contributed by atoms with E-state index in [1.165, 1.54) is 36.9 Å². The van der Waals surface area contributed by atoms with E-state index in [2.05, 4.69) is 55.3 Å². The van der Waals surface area contributed by atoms with Gasteiger partial charge in [-0.05, 0) is 61.5 Å². The Kier molecular flexibility index (Phi) is 6.33. The van der Waals surface area contributed by atoms with Gasteiger partial charge in [0.25, 0.3) is 0 Å². The Hall–Kier alpha value is -1.71. The maximum atomic E-state index is 12.1. The molecule has 0 atom stereocenters. The number of anilines is 1. The Bertz CT molecular complexity index is 621. The summed E-state index contributed by atoms with van der Waals surface area (Å²) in [6.45, 7) is 13.3. The number of carbonyl (C=O) groups excluding carboxylic acids is 1. The fourth-order valence-electron chi connectivity index (χ4n) is 4.80. The fourth-order valence-corrected chi connectivity index (χ4v) is 4.80. The van der Waals surface area contributed by atoms with Crippen LogP contribution in [0.4, 0.5) is 10.5 Å². The van der Waals surface area contributed by atoms with Crippen molar-refractivity contribution in [1.82, 2.24) is 10.2 Å². The van der Waals surface area contributed by atoms with Crippen LogP contribution in [0, 0.1) is 11.3 Å². The first kappa shape index (κ1) is 20.0. The Morgan fingerprint density at radius 3 is 2.26 bits per heavy atom. The molecule has 1 saturated carbocycles. The van der Waals surface area contributed by atoms with Crippen molar-refractivity contribution < 1.29 is 4.79 Å². The summed E-state index contributed by atoms with van der Waals surface area (Å²) in [5, 5.41) is 2.92. The first-order valence-corrected chi connectivity index (χ1v) is 10.8. The van der Waals surface area contributed by atoms with E-state index in [9.17, 15) is 4.79 Å². The molecular formula is C23H37N3O. The summed E-state index contributed by atoms with van der Waals surface area (Å²) in [5.74, 6) is 1.53. The largest absolute Gasteiger partial charge is 0.368 e. The third-order valence-corrected chi connectivity index (χ3v) is 6.56. The Labute approximate surface area is 165 Å². The molecule has 1 aromatic rings. The molecule has 150 valence electrons. The van der Waals surface area contributed by atoms with E-state index in [-0.39, 0.29) is 6.03 Å². The summed E-state index contributed by atoms with van der Waals surface area (Å²) >= 11 is 0. The molecule has 1 aliphatic heterocycles. The van der Waals surface area contributed by atoms with Crippen LogP contribution in [-0.4, -0.2) is 43.7 Å². The average Bonchev–Trinajstić information content (AvgIpc) is 2.68. The van der Waals surface area contributed by atoms with E-state index < -0.39 is 0 Å². The van der Waals surface area contributed by atoms with Crippen LogP contribution in [0.5, 0.6) is 0 Å². The molecule has 1 aliphatic carbocycles. The number of hydrogen-bond donors (Lipinski definition) is 1. The maximum absolute atomic E-state index is 12.1. The fraction of sp³-hybridized carbons (Fsp3) is 0.696. The number of para-hydroxylation sites is 1. The molecule has 1 heterocycles. The van der Waals surface area contributed by atoms with E-state index in [0.29, 0.717) is 17.9 Å². The highest BCUT2D eigenvalue weighted by molar-refractivity contribution is 5.74. The first-order chi connectivity index (χ1) is 12.9. The molecular weight excluding hydrogens is 334 g/mol. The second-order valence-corrected chi connectivity index (χ2v) is 9.28. The monoisotopic (exact) mass is 371 g/mol. The molecule has 1 N–H and O–H groups in total. The number of nitrogens with zero attached hydrogens (tertiary/aromatic N) is 2. The van der Waals surface area contributed by atoms with Crippen LogP contribution in [0.2, 0.25) is 0 Å². The minimum atomic E-state index is 0.0749. The van der Waals surface area contributed by atoms with Crippen molar-refractivity contribution >= 4 is 11.7 Å². The quantitative estimate of drug-likeness (QED) is 0.824. The highest BCUT2D eigenvalue weighted by atomic mass is 16.2. The van der Waals surface area contributed by atoms with Crippen molar-refractivity contribution in [3.8, 4) is 0 Å². The molecule has 4 heteroatoms. The van der Waals surface area contributed by atoms with Crippen LogP contribution < -0.4 is 10.2 Å². The smallest absolute Gasteiger partial charge is 0.317 e. The Morgan fingerprint density at radius 1 is 1.04 bits per heavy atom. The van der Waals surface area contributed by atoms with Gasteiger partial charge in [0.05, 0.1) is 0 Å². The van der Waals surface area contributed by atoms with Crippen LogP contribution >= 0.6 is 0 Å². The van der Waals surface area contributed by atoms with Gasteiger partial charge in [0.1, 0.15) is 0 Å². The molecule has 0 bridgehead atoms. The molecule has 0 spiro atoms.